The van der Waals surface area contributed by atoms with Crippen molar-refractivity contribution in [2.45, 2.75) is 36.2 Å². The quantitative estimate of drug-likeness (QED) is 0.428. The van der Waals surface area contributed by atoms with Crippen molar-refractivity contribution in [1.29, 1.82) is 0 Å². The number of amides is 1. The molecule has 0 bridgehead atoms. The highest BCUT2D eigenvalue weighted by Crippen LogP contribution is 2.30. The molecule has 1 amide bonds. The molecule has 3 rings (SSSR count). The summed E-state index contributed by atoms with van der Waals surface area (Å²) in [4.78, 5) is 24.7. The first kappa shape index (κ1) is 26.2. The number of carboxylic acids is 1. The van der Waals surface area contributed by atoms with E-state index < -0.39 is 34.0 Å². The van der Waals surface area contributed by atoms with Crippen molar-refractivity contribution >= 4 is 45.1 Å². The molecule has 2 atom stereocenters. The Morgan fingerprint density at radius 1 is 1.18 bits per heavy atom. The van der Waals surface area contributed by atoms with E-state index in [1.165, 1.54) is 18.2 Å². The Labute approximate surface area is 207 Å². The normalized spacial score (nSPS) is 17.3. The predicted octanol–water partition coefficient (Wildman–Crippen LogP) is 2.30. The van der Waals surface area contributed by atoms with E-state index in [1.807, 2.05) is 0 Å². The van der Waals surface area contributed by atoms with Gasteiger partial charge in [0.15, 0.2) is 0 Å². The maximum atomic E-state index is 13.2. The third kappa shape index (κ3) is 6.39. The lowest BCUT2D eigenvalue weighted by atomic mass is 10.1. The van der Waals surface area contributed by atoms with Crippen LogP contribution < -0.4 is 15.8 Å². The highest BCUT2D eigenvalue weighted by atomic mass is 35.5. The number of nitrogens with two attached hydrogens (primary N) is 1. The van der Waals surface area contributed by atoms with Gasteiger partial charge in [-0.05, 0) is 48.7 Å². The number of benzene rings is 2. The molecule has 1 aliphatic rings. The van der Waals surface area contributed by atoms with Crippen molar-refractivity contribution in [3.63, 3.8) is 0 Å². The van der Waals surface area contributed by atoms with Gasteiger partial charge in [0.1, 0.15) is 24.4 Å². The lowest BCUT2D eigenvalue weighted by Gasteiger charge is -2.25. The van der Waals surface area contributed by atoms with E-state index in [0.29, 0.717) is 30.9 Å². The number of nitrogens with one attached hydrogen (secondary N) is 1. The van der Waals surface area contributed by atoms with Gasteiger partial charge in [-0.2, -0.15) is 4.31 Å². The van der Waals surface area contributed by atoms with Gasteiger partial charge in [-0.1, -0.05) is 35.3 Å². The number of carboxylic acid groups (broad SMARTS) is 1. The average molecular weight is 530 g/mol. The minimum Gasteiger partial charge on any atom is -0.492 e. The van der Waals surface area contributed by atoms with Gasteiger partial charge < -0.3 is 20.9 Å². The van der Waals surface area contributed by atoms with E-state index in [0.717, 1.165) is 4.31 Å². The largest absolute Gasteiger partial charge is 0.492 e. The van der Waals surface area contributed by atoms with Crippen LogP contribution in [0, 0.1) is 0 Å². The van der Waals surface area contributed by atoms with Crippen molar-refractivity contribution in [2.75, 3.05) is 19.7 Å². The standard InChI is InChI=1S/C22H25Cl2N3O6S/c23-15-11-16(24)13-18(12-15)34(31,32)27-8-1-2-20(27)21(28)26-19(22(29)30)10-14-3-5-17(6-4-14)33-9-7-25/h3-6,11-13,19-20H,1-2,7-10,25H2,(H,26,28)(H,29,30)/t19-,20-/m0/s1. The van der Waals surface area contributed by atoms with Gasteiger partial charge >= 0.3 is 5.97 Å². The van der Waals surface area contributed by atoms with Crippen LogP contribution in [0.15, 0.2) is 47.4 Å². The van der Waals surface area contributed by atoms with Crippen molar-refractivity contribution in [1.82, 2.24) is 9.62 Å². The fourth-order valence-electron chi connectivity index (χ4n) is 3.70. The number of carbonyl (C=O) groups is 2. The minimum absolute atomic E-state index is 0.0155. The maximum Gasteiger partial charge on any atom is 0.326 e. The molecule has 1 saturated heterocycles. The van der Waals surface area contributed by atoms with Crippen LogP contribution in [0.1, 0.15) is 18.4 Å². The van der Waals surface area contributed by atoms with Crippen LogP contribution in [0.2, 0.25) is 10.0 Å². The molecule has 0 radical (unpaired) electrons. The van der Waals surface area contributed by atoms with Gasteiger partial charge in [-0.15, -0.1) is 0 Å². The van der Waals surface area contributed by atoms with E-state index in [1.54, 1.807) is 24.3 Å². The molecular weight excluding hydrogens is 505 g/mol. The van der Waals surface area contributed by atoms with E-state index in [4.69, 9.17) is 33.7 Å². The number of rotatable bonds is 10. The summed E-state index contributed by atoms with van der Waals surface area (Å²) in [6.07, 6.45) is 0.730. The average Bonchev–Trinajstić information content (AvgIpc) is 3.28. The van der Waals surface area contributed by atoms with Crippen LogP contribution in [-0.2, 0) is 26.0 Å². The van der Waals surface area contributed by atoms with E-state index >= 15 is 0 Å². The molecule has 0 aromatic heterocycles. The zero-order valence-corrected chi connectivity index (χ0v) is 20.4. The first-order valence-electron chi connectivity index (χ1n) is 10.5. The Kier molecular flexibility index (Phi) is 8.78. The lowest BCUT2D eigenvalue weighted by Crippen LogP contribution is -2.51. The Morgan fingerprint density at radius 2 is 1.82 bits per heavy atom. The molecule has 12 heteroatoms. The van der Waals surface area contributed by atoms with Crippen LogP contribution in [0.25, 0.3) is 0 Å². The first-order chi connectivity index (χ1) is 16.1. The van der Waals surface area contributed by atoms with E-state index in [-0.39, 0.29) is 34.3 Å². The molecule has 34 heavy (non-hydrogen) atoms. The number of halogens is 2. The van der Waals surface area contributed by atoms with Crippen LogP contribution in [0.4, 0.5) is 0 Å². The number of ether oxygens (including phenoxy) is 1. The third-order valence-corrected chi connectivity index (χ3v) is 7.64. The lowest BCUT2D eigenvalue weighted by molar-refractivity contribution is -0.142. The van der Waals surface area contributed by atoms with Gasteiger partial charge in [0, 0.05) is 29.6 Å². The van der Waals surface area contributed by atoms with Crippen LogP contribution in [-0.4, -0.2) is 61.5 Å². The summed E-state index contributed by atoms with van der Waals surface area (Å²) in [7, 11) is -4.07. The molecule has 2 aromatic rings. The monoisotopic (exact) mass is 529 g/mol. The maximum absolute atomic E-state index is 13.2. The summed E-state index contributed by atoms with van der Waals surface area (Å²) in [5, 5.41) is 12.4. The molecular formula is C22H25Cl2N3O6S. The zero-order valence-electron chi connectivity index (χ0n) is 18.1. The second-order valence-corrected chi connectivity index (χ2v) is 10.5. The van der Waals surface area contributed by atoms with Gasteiger partial charge in [0.25, 0.3) is 0 Å². The molecule has 1 heterocycles. The summed E-state index contributed by atoms with van der Waals surface area (Å²) < 4.78 is 32.8. The second-order valence-electron chi connectivity index (χ2n) is 7.76. The molecule has 0 saturated carbocycles. The minimum atomic E-state index is -4.07. The van der Waals surface area contributed by atoms with Crippen molar-refractivity contribution in [3.05, 3.63) is 58.1 Å². The van der Waals surface area contributed by atoms with Crippen molar-refractivity contribution in [3.8, 4) is 5.75 Å². The van der Waals surface area contributed by atoms with Gasteiger partial charge in [0.2, 0.25) is 15.9 Å². The molecule has 4 N–H and O–H groups in total. The molecule has 1 aliphatic heterocycles. The van der Waals surface area contributed by atoms with Gasteiger partial charge in [-0.3, -0.25) is 4.79 Å². The smallest absolute Gasteiger partial charge is 0.326 e. The van der Waals surface area contributed by atoms with Gasteiger partial charge in [0.05, 0.1) is 4.90 Å². The highest BCUT2D eigenvalue weighted by molar-refractivity contribution is 7.89. The second kappa shape index (κ2) is 11.4. The third-order valence-electron chi connectivity index (χ3n) is 5.31. The number of aliphatic carboxylic acids is 1. The summed E-state index contributed by atoms with van der Waals surface area (Å²) in [5.41, 5.74) is 6.07. The highest BCUT2D eigenvalue weighted by Gasteiger charge is 2.40. The summed E-state index contributed by atoms with van der Waals surface area (Å²) >= 11 is 11.9. The Morgan fingerprint density at radius 3 is 2.41 bits per heavy atom. The van der Waals surface area contributed by atoms with Crippen molar-refractivity contribution < 1.29 is 27.9 Å². The molecule has 0 aliphatic carbocycles. The predicted molar refractivity (Wildman–Crippen MR) is 128 cm³/mol. The molecule has 2 aromatic carbocycles. The number of nitrogens with zero attached hydrogens (tertiary/aromatic N) is 1. The van der Waals surface area contributed by atoms with Crippen LogP contribution >= 0.6 is 23.2 Å². The summed E-state index contributed by atoms with van der Waals surface area (Å²) in [6, 6.07) is 8.41. The molecule has 184 valence electrons. The van der Waals surface area contributed by atoms with E-state index in [2.05, 4.69) is 5.32 Å². The van der Waals surface area contributed by atoms with Gasteiger partial charge in [-0.25, -0.2) is 13.2 Å². The SMILES string of the molecule is NCCOc1ccc(C[C@H](NC(=O)[C@@H]2CCCN2S(=O)(=O)c2cc(Cl)cc(Cl)c2)C(=O)O)cc1. The Balaban J connectivity index is 1.73. The molecule has 9 nitrogen and oxygen atoms in total. The fraction of sp³-hybridized carbons (Fsp3) is 0.364. The number of hydrogen-bond acceptors (Lipinski definition) is 6. The fourth-order valence-corrected chi connectivity index (χ4v) is 6.09. The number of hydrogen-bond donors (Lipinski definition) is 3. The zero-order chi connectivity index (χ0) is 24.9. The Bertz CT molecular complexity index is 1120. The number of carbonyl (C=O) groups excluding carboxylic acids is 1. The summed E-state index contributed by atoms with van der Waals surface area (Å²) in [5.74, 6) is -1.31. The number of sulfonamides is 1. The van der Waals surface area contributed by atoms with E-state index in [9.17, 15) is 23.1 Å². The first-order valence-corrected chi connectivity index (χ1v) is 12.7. The molecule has 1 fully saturated rings. The topological polar surface area (TPSA) is 139 Å². The molecule has 0 spiro atoms. The Hall–Kier alpha value is -2.37. The van der Waals surface area contributed by atoms with Crippen LogP contribution in [0.5, 0.6) is 5.75 Å². The summed E-state index contributed by atoms with van der Waals surface area (Å²) in [6.45, 7) is 0.842. The van der Waals surface area contributed by atoms with Crippen LogP contribution in [0.3, 0.4) is 0 Å². The van der Waals surface area contributed by atoms with Crippen molar-refractivity contribution in [2.24, 2.45) is 5.73 Å². The molecule has 0 unspecified atom stereocenters.